The average Bonchev–Trinajstić information content (AvgIpc) is 2.31. The van der Waals surface area contributed by atoms with Gasteiger partial charge in [0.1, 0.15) is 0 Å². The van der Waals surface area contributed by atoms with E-state index in [2.05, 4.69) is 0 Å². The van der Waals surface area contributed by atoms with Gasteiger partial charge in [0.05, 0.1) is 6.61 Å². The molecule has 3 N–H and O–H groups in total. The van der Waals surface area contributed by atoms with Crippen molar-refractivity contribution in [3.05, 3.63) is 35.1 Å². The number of carbonyl (C=O) groups is 2. The maximum Gasteiger partial charge on any atom is 0.328 e. The minimum Gasteiger partial charge on any atom is -0.480 e. The third-order valence-corrected chi connectivity index (χ3v) is 2.03. The monoisotopic (exact) mass is 263 g/mol. The number of aliphatic hydroxyl groups excluding tert-OH is 1. The summed E-state index contributed by atoms with van der Waals surface area (Å²) in [5, 5.41) is 19.0. The van der Waals surface area contributed by atoms with Crippen molar-refractivity contribution in [3.8, 4) is 0 Å². The fourth-order valence-corrected chi connectivity index (χ4v) is 1.11. The maximum atomic E-state index is 12.8. The molecule has 0 aliphatic rings. The van der Waals surface area contributed by atoms with E-state index in [4.69, 9.17) is 10.2 Å². The second kappa shape index (κ2) is 5.50. The highest BCUT2D eigenvalue weighted by atomic mass is 19.2. The molecule has 0 saturated carbocycles. The molecule has 0 bridgehead atoms. The Kier molecular flexibility index (Phi) is 4.27. The van der Waals surface area contributed by atoms with Crippen LogP contribution in [0.25, 0.3) is 0 Å². The quantitative estimate of drug-likeness (QED) is 0.681. The number of carboxylic acids is 1. The molecule has 0 unspecified atom stereocenters. The lowest BCUT2D eigenvalue weighted by Gasteiger charge is -2.11. The molecular weight excluding hydrogens is 255 g/mol. The predicted molar refractivity (Wildman–Crippen MR) is 52.3 cm³/mol. The molecule has 5 nitrogen and oxygen atoms in total. The molecule has 0 radical (unpaired) electrons. The Hall–Kier alpha value is -2.09. The predicted octanol–water partition coefficient (Wildman–Crippen LogP) is 0.279. The van der Waals surface area contributed by atoms with Crippen LogP contribution in [0.5, 0.6) is 0 Å². The van der Waals surface area contributed by atoms with Gasteiger partial charge in [-0.1, -0.05) is 0 Å². The summed E-state index contributed by atoms with van der Waals surface area (Å²) in [5.41, 5.74) is -0.592. The van der Waals surface area contributed by atoms with Crippen molar-refractivity contribution in [2.24, 2.45) is 0 Å². The topological polar surface area (TPSA) is 86.6 Å². The summed E-state index contributed by atoms with van der Waals surface area (Å²) < 4.78 is 38.3. The minimum atomic E-state index is -1.73. The minimum absolute atomic E-state index is 0.421. The molecule has 1 aromatic carbocycles. The number of hydrogen-bond donors (Lipinski definition) is 3. The Labute approximate surface area is 98.8 Å². The van der Waals surface area contributed by atoms with E-state index < -0.39 is 47.5 Å². The summed E-state index contributed by atoms with van der Waals surface area (Å²) in [7, 11) is 0. The average molecular weight is 263 g/mol. The number of amides is 1. The van der Waals surface area contributed by atoms with Crippen molar-refractivity contribution < 1.29 is 33.0 Å². The van der Waals surface area contributed by atoms with Gasteiger partial charge in [0, 0.05) is 5.56 Å². The number of aliphatic carboxylic acids is 1. The SMILES string of the molecule is O=C(N[C@@H](CO)C(=O)O)c1cc(F)c(F)c(F)c1. The van der Waals surface area contributed by atoms with Gasteiger partial charge in [0.2, 0.25) is 0 Å². The van der Waals surface area contributed by atoms with Gasteiger partial charge in [-0.2, -0.15) is 0 Å². The Morgan fingerprint density at radius 3 is 2.11 bits per heavy atom. The van der Waals surface area contributed by atoms with Crippen molar-refractivity contribution in [2.75, 3.05) is 6.61 Å². The zero-order valence-electron chi connectivity index (χ0n) is 8.78. The van der Waals surface area contributed by atoms with Gasteiger partial charge in [0.25, 0.3) is 5.91 Å². The van der Waals surface area contributed by atoms with Crippen LogP contribution in [0.4, 0.5) is 13.2 Å². The number of carboxylic acid groups (broad SMARTS) is 1. The molecule has 1 rings (SSSR count). The van der Waals surface area contributed by atoms with Crippen LogP contribution in [0.3, 0.4) is 0 Å². The molecule has 1 atom stereocenters. The molecule has 98 valence electrons. The van der Waals surface area contributed by atoms with E-state index in [1.807, 2.05) is 5.32 Å². The van der Waals surface area contributed by atoms with E-state index in [0.29, 0.717) is 12.1 Å². The zero-order chi connectivity index (χ0) is 13.9. The standard InChI is InChI=1S/C10H8F3NO4/c11-5-1-4(2-6(12)8(5)13)9(16)14-7(3-15)10(17)18/h1-2,7,15H,3H2,(H,14,16)(H,17,18)/t7-/m0/s1. The van der Waals surface area contributed by atoms with Crippen LogP contribution in [0.15, 0.2) is 12.1 Å². The highest BCUT2D eigenvalue weighted by Gasteiger charge is 2.21. The van der Waals surface area contributed by atoms with Crippen LogP contribution >= 0.6 is 0 Å². The van der Waals surface area contributed by atoms with E-state index in [-0.39, 0.29) is 0 Å². The summed E-state index contributed by atoms with van der Waals surface area (Å²) in [4.78, 5) is 21.9. The van der Waals surface area contributed by atoms with Crippen molar-refractivity contribution in [3.63, 3.8) is 0 Å². The smallest absolute Gasteiger partial charge is 0.328 e. The Morgan fingerprint density at radius 2 is 1.72 bits per heavy atom. The highest BCUT2D eigenvalue weighted by Crippen LogP contribution is 2.13. The number of halogens is 3. The first-order valence-electron chi connectivity index (χ1n) is 4.66. The van der Waals surface area contributed by atoms with Gasteiger partial charge in [0.15, 0.2) is 23.5 Å². The lowest BCUT2D eigenvalue weighted by molar-refractivity contribution is -0.140. The Bertz CT molecular complexity index is 469. The van der Waals surface area contributed by atoms with Gasteiger partial charge in [-0.3, -0.25) is 4.79 Å². The molecular formula is C10H8F3NO4. The fraction of sp³-hybridized carbons (Fsp3) is 0.200. The molecule has 18 heavy (non-hydrogen) atoms. The van der Waals surface area contributed by atoms with Crippen LogP contribution in [-0.2, 0) is 4.79 Å². The third kappa shape index (κ3) is 2.98. The van der Waals surface area contributed by atoms with Crippen LogP contribution in [-0.4, -0.2) is 34.7 Å². The molecule has 0 spiro atoms. The fourth-order valence-electron chi connectivity index (χ4n) is 1.11. The Balaban J connectivity index is 2.94. The first-order valence-corrected chi connectivity index (χ1v) is 4.66. The van der Waals surface area contributed by atoms with Gasteiger partial charge in [-0.25, -0.2) is 18.0 Å². The van der Waals surface area contributed by atoms with Gasteiger partial charge >= 0.3 is 5.97 Å². The van der Waals surface area contributed by atoms with E-state index in [9.17, 15) is 22.8 Å². The number of nitrogens with one attached hydrogen (secondary N) is 1. The molecule has 0 fully saturated rings. The van der Waals surface area contributed by atoms with Crippen LogP contribution in [0.2, 0.25) is 0 Å². The molecule has 8 heteroatoms. The van der Waals surface area contributed by atoms with Crippen molar-refractivity contribution in [1.82, 2.24) is 5.32 Å². The Morgan fingerprint density at radius 1 is 1.22 bits per heavy atom. The van der Waals surface area contributed by atoms with Crippen LogP contribution in [0.1, 0.15) is 10.4 Å². The van der Waals surface area contributed by atoms with Crippen LogP contribution in [0, 0.1) is 17.5 Å². The second-order valence-electron chi connectivity index (χ2n) is 3.30. The third-order valence-electron chi connectivity index (χ3n) is 2.03. The van der Waals surface area contributed by atoms with Crippen molar-refractivity contribution in [1.29, 1.82) is 0 Å². The summed E-state index contributed by atoms with van der Waals surface area (Å²) in [6, 6.07) is -0.776. The highest BCUT2D eigenvalue weighted by molar-refractivity contribution is 5.96. The lowest BCUT2D eigenvalue weighted by atomic mass is 10.1. The van der Waals surface area contributed by atoms with E-state index >= 15 is 0 Å². The van der Waals surface area contributed by atoms with E-state index in [0.717, 1.165) is 0 Å². The summed E-state index contributed by atoms with van der Waals surface area (Å²) in [6.45, 7) is -0.896. The van der Waals surface area contributed by atoms with Gasteiger partial charge in [-0.05, 0) is 12.1 Å². The molecule has 1 aromatic rings. The van der Waals surface area contributed by atoms with Crippen molar-refractivity contribution >= 4 is 11.9 Å². The van der Waals surface area contributed by atoms with E-state index in [1.165, 1.54) is 0 Å². The number of carbonyl (C=O) groups excluding carboxylic acids is 1. The first kappa shape index (κ1) is 14.0. The molecule has 0 saturated heterocycles. The lowest BCUT2D eigenvalue weighted by Crippen LogP contribution is -2.43. The molecule has 0 aromatic heterocycles. The molecule has 1 amide bonds. The maximum absolute atomic E-state index is 12.8. The number of rotatable bonds is 4. The molecule has 0 aliphatic carbocycles. The second-order valence-corrected chi connectivity index (χ2v) is 3.30. The van der Waals surface area contributed by atoms with Crippen molar-refractivity contribution in [2.45, 2.75) is 6.04 Å². The summed E-state index contributed by atoms with van der Waals surface area (Å²) in [6.07, 6.45) is 0. The normalized spacial score (nSPS) is 12.0. The van der Waals surface area contributed by atoms with Gasteiger partial charge < -0.3 is 15.5 Å². The number of hydrogen-bond acceptors (Lipinski definition) is 3. The summed E-state index contributed by atoms with van der Waals surface area (Å²) >= 11 is 0. The molecule has 0 heterocycles. The van der Waals surface area contributed by atoms with E-state index in [1.54, 1.807) is 0 Å². The molecule has 0 aliphatic heterocycles. The van der Waals surface area contributed by atoms with Gasteiger partial charge in [-0.15, -0.1) is 0 Å². The summed E-state index contributed by atoms with van der Waals surface area (Å²) in [5.74, 6) is -7.54. The first-order chi connectivity index (χ1) is 8.36. The van der Waals surface area contributed by atoms with Crippen LogP contribution < -0.4 is 5.32 Å². The number of benzene rings is 1. The largest absolute Gasteiger partial charge is 0.480 e. The zero-order valence-corrected chi connectivity index (χ0v) is 8.78. The number of aliphatic hydroxyl groups is 1.